The van der Waals surface area contributed by atoms with E-state index in [4.69, 9.17) is 11.6 Å². The summed E-state index contributed by atoms with van der Waals surface area (Å²) in [6, 6.07) is 26.3. The number of hydrogen-bond acceptors (Lipinski definition) is 2. The second-order valence-corrected chi connectivity index (χ2v) is 10.4. The van der Waals surface area contributed by atoms with Gasteiger partial charge < -0.3 is 15.0 Å². The van der Waals surface area contributed by atoms with Crippen LogP contribution >= 0.6 is 11.6 Å². The number of carboxylic acid groups (broad SMARTS) is 1. The van der Waals surface area contributed by atoms with Crippen molar-refractivity contribution in [2.75, 3.05) is 0 Å². The van der Waals surface area contributed by atoms with Gasteiger partial charge in [0, 0.05) is 23.2 Å². The van der Waals surface area contributed by atoms with E-state index in [1.54, 1.807) is 36.4 Å². The van der Waals surface area contributed by atoms with Gasteiger partial charge in [-0.2, -0.15) is 0 Å². The molecule has 0 atom stereocenters. The number of carbonyl (C=O) groups excluding carboxylic acids is 1. The van der Waals surface area contributed by atoms with Crippen molar-refractivity contribution in [3.8, 4) is 11.1 Å². The summed E-state index contributed by atoms with van der Waals surface area (Å²) in [5.74, 6) is -1.54. The molecular weight excluding hydrogens is 515 g/mol. The average molecular weight is 539 g/mol. The normalized spacial score (nSPS) is 13.8. The number of rotatable bonds is 7. The van der Waals surface area contributed by atoms with Gasteiger partial charge in [0.05, 0.1) is 22.2 Å². The molecule has 0 unspecified atom stereocenters. The lowest BCUT2D eigenvalue weighted by Crippen LogP contribution is -2.35. The Morgan fingerprint density at radius 1 is 0.923 bits per heavy atom. The highest BCUT2D eigenvalue weighted by molar-refractivity contribution is 6.30. The second-order valence-electron chi connectivity index (χ2n) is 9.96. The Bertz CT molecular complexity index is 1720. The molecule has 6 rings (SSSR count). The van der Waals surface area contributed by atoms with Gasteiger partial charge in [0.2, 0.25) is 0 Å². The molecule has 0 spiro atoms. The molecule has 5 aromatic rings. The average Bonchev–Trinajstić information content (AvgIpc) is 3.60. The van der Waals surface area contributed by atoms with E-state index >= 15 is 0 Å². The summed E-state index contributed by atoms with van der Waals surface area (Å²) < 4.78 is 15.6. The van der Waals surface area contributed by atoms with Crippen LogP contribution in [-0.2, 0) is 12.1 Å². The van der Waals surface area contributed by atoms with Crippen LogP contribution in [0.25, 0.3) is 22.0 Å². The van der Waals surface area contributed by atoms with Crippen LogP contribution in [0.1, 0.15) is 44.7 Å². The summed E-state index contributed by atoms with van der Waals surface area (Å²) in [6.45, 7) is 0.530. The number of halogens is 2. The van der Waals surface area contributed by atoms with Crippen molar-refractivity contribution in [3.63, 3.8) is 0 Å². The molecule has 1 amide bonds. The minimum Gasteiger partial charge on any atom is -0.478 e. The van der Waals surface area contributed by atoms with Crippen molar-refractivity contribution in [3.05, 3.63) is 130 Å². The molecule has 39 heavy (non-hydrogen) atoms. The minimum atomic E-state index is -0.990. The number of carboxylic acids is 1. The third-order valence-corrected chi connectivity index (χ3v) is 7.55. The number of nitrogens with one attached hydrogen (secondary N) is 1. The Kier molecular flexibility index (Phi) is 6.20. The van der Waals surface area contributed by atoms with Crippen LogP contribution in [0.2, 0.25) is 5.02 Å². The van der Waals surface area contributed by atoms with Crippen LogP contribution in [-0.4, -0.2) is 21.6 Å². The van der Waals surface area contributed by atoms with Crippen LogP contribution in [0, 0.1) is 5.82 Å². The van der Waals surface area contributed by atoms with E-state index in [2.05, 4.69) is 5.32 Å². The van der Waals surface area contributed by atoms with Gasteiger partial charge in [0.1, 0.15) is 5.82 Å². The molecule has 1 aliphatic carbocycles. The van der Waals surface area contributed by atoms with Crippen molar-refractivity contribution in [2.24, 2.45) is 0 Å². The molecule has 0 radical (unpaired) electrons. The Hall–Kier alpha value is -4.42. The van der Waals surface area contributed by atoms with E-state index in [1.165, 1.54) is 12.1 Å². The van der Waals surface area contributed by atoms with E-state index in [1.807, 2.05) is 53.2 Å². The van der Waals surface area contributed by atoms with E-state index < -0.39 is 11.5 Å². The van der Waals surface area contributed by atoms with E-state index in [0.29, 0.717) is 17.1 Å². The summed E-state index contributed by atoms with van der Waals surface area (Å²) in [6.07, 6.45) is 3.47. The second kappa shape index (κ2) is 9.71. The maximum atomic E-state index is 14.0. The van der Waals surface area contributed by atoms with Crippen molar-refractivity contribution in [1.82, 2.24) is 9.88 Å². The Morgan fingerprint density at radius 3 is 2.33 bits per heavy atom. The maximum absolute atomic E-state index is 14.0. The molecule has 1 heterocycles. The molecular formula is C32H24ClFN2O3. The van der Waals surface area contributed by atoms with Crippen LogP contribution in [0.3, 0.4) is 0 Å². The zero-order valence-electron chi connectivity index (χ0n) is 20.8. The van der Waals surface area contributed by atoms with Crippen LogP contribution in [0.15, 0.2) is 97.2 Å². The summed E-state index contributed by atoms with van der Waals surface area (Å²) in [7, 11) is 0. The van der Waals surface area contributed by atoms with Gasteiger partial charge >= 0.3 is 5.97 Å². The molecule has 4 aromatic carbocycles. The van der Waals surface area contributed by atoms with Gasteiger partial charge in [-0.3, -0.25) is 4.79 Å². The first kappa shape index (κ1) is 24.9. The highest BCUT2D eigenvalue weighted by atomic mass is 35.5. The van der Waals surface area contributed by atoms with Crippen LogP contribution in [0.5, 0.6) is 0 Å². The summed E-state index contributed by atoms with van der Waals surface area (Å²) in [4.78, 5) is 25.2. The maximum Gasteiger partial charge on any atom is 0.335 e. The standard InChI is InChI=1S/C32H24ClFN2O3/c33-26-3-1-2-20(16-26)19-36-15-12-23-17-24(21-6-10-27(34)11-7-21)18-28(29(23)36)30(37)35-32(13-14-32)25-8-4-22(5-9-25)31(38)39/h1-12,15-18H,13-14,19H2,(H,35,37)(H,38,39). The zero-order valence-corrected chi connectivity index (χ0v) is 21.6. The van der Waals surface area contributed by atoms with Crippen LogP contribution in [0.4, 0.5) is 4.39 Å². The topological polar surface area (TPSA) is 71.3 Å². The fraction of sp³-hybridized carbons (Fsp3) is 0.125. The smallest absolute Gasteiger partial charge is 0.335 e. The lowest BCUT2D eigenvalue weighted by atomic mass is 9.98. The molecule has 1 fully saturated rings. The van der Waals surface area contributed by atoms with Gasteiger partial charge in [0.15, 0.2) is 0 Å². The molecule has 1 aliphatic rings. The van der Waals surface area contributed by atoms with Gasteiger partial charge in [-0.1, -0.05) is 48.0 Å². The highest BCUT2D eigenvalue weighted by Gasteiger charge is 2.46. The Balaban J connectivity index is 1.41. The largest absolute Gasteiger partial charge is 0.478 e. The molecule has 1 saturated carbocycles. The number of fused-ring (bicyclic) bond motifs is 1. The number of nitrogens with zero attached hydrogens (tertiary/aromatic N) is 1. The highest BCUT2D eigenvalue weighted by Crippen LogP contribution is 2.46. The fourth-order valence-corrected chi connectivity index (χ4v) is 5.34. The minimum absolute atomic E-state index is 0.202. The first-order valence-corrected chi connectivity index (χ1v) is 13.0. The van der Waals surface area contributed by atoms with Crippen molar-refractivity contribution in [2.45, 2.75) is 24.9 Å². The number of carbonyl (C=O) groups is 2. The zero-order chi connectivity index (χ0) is 27.1. The fourth-order valence-electron chi connectivity index (χ4n) is 5.12. The predicted octanol–water partition coefficient (Wildman–Crippen LogP) is 7.27. The molecule has 0 bridgehead atoms. The third-order valence-electron chi connectivity index (χ3n) is 7.31. The number of aromatic carboxylic acids is 1. The van der Waals surface area contributed by atoms with Gasteiger partial charge in [-0.25, -0.2) is 9.18 Å². The molecule has 7 heteroatoms. The third kappa shape index (κ3) is 4.91. The lowest BCUT2D eigenvalue weighted by Gasteiger charge is -2.20. The number of hydrogen-bond donors (Lipinski definition) is 2. The van der Waals surface area contributed by atoms with E-state index in [9.17, 15) is 19.1 Å². The van der Waals surface area contributed by atoms with E-state index in [-0.39, 0.29) is 17.3 Å². The lowest BCUT2D eigenvalue weighted by molar-refractivity contribution is 0.0696. The molecule has 0 saturated heterocycles. The number of benzene rings is 4. The molecule has 0 aliphatic heterocycles. The van der Waals surface area contributed by atoms with Gasteiger partial charge in [-0.05, 0) is 89.7 Å². The molecule has 5 nitrogen and oxygen atoms in total. The monoisotopic (exact) mass is 538 g/mol. The number of aromatic nitrogens is 1. The summed E-state index contributed by atoms with van der Waals surface area (Å²) in [5.41, 5.74) is 4.45. The molecule has 1 aromatic heterocycles. The quantitative estimate of drug-likeness (QED) is 0.229. The first-order valence-electron chi connectivity index (χ1n) is 12.6. The molecule has 194 valence electrons. The van der Waals surface area contributed by atoms with Gasteiger partial charge in [0.25, 0.3) is 5.91 Å². The van der Waals surface area contributed by atoms with E-state index in [0.717, 1.165) is 46.0 Å². The van der Waals surface area contributed by atoms with Crippen LogP contribution < -0.4 is 5.32 Å². The van der Waals surface area contributed by atoms with Crippen molar-refractivity contribution >= 4 is 34.4 Å². The summed E-state index contributed by atoms with van der Waals surface area (Å²) in [5, 5.41) is 14.0. The van der Waals surface area contributed by atoms with Gasteiger partial charge in [-0.15, -0.1) is 0 Å². The SMILES string of the molecule is O=C(O)c1ccc(C2(NC(=O)c3cc(-c4ccc(F)cc4)cc4ccn(Cc5cccc(Cl)c5)c34)CC2)cc1. The first-order chi connectivity index (χ1) is 18.8. The Morgan fingerprint density at radius 2 is 1.67 bits per heavy atom. The predicted molar refractivity (Wildman–Crippen MR) is 150 cm³/mol. The van der Waals surface area contributed by atoms with Crippen molar-refractivity contribution < 1.29 is 19.1 Å². The number of amides is 1. The Labute approximate surface area is 229 Å². The van der Waals surface area contributed by atoms with Crippen molar-refractivity contribution in [1.29, 1.82) is 0 Å². The molecule has 2 N–H and O–H groups in total. The summed E-state index contributed by atoms with van der Waals surface area (Å²) >= 11 is 6.22.